The Morgan fingerprint density at radius 3 is 2.38 bits per heavy atom. The fourth-order valence-electron chi connectivity index (χ4n) is 0.990. The first kappa shape index (κ1) is 12.4. The van der Waals surface area contributed by atoms with Gasteiger partial charge in [0.25, 0.3) is 0 Å². The zero-order valence-electron chi connectivity index (χ0n) is 9.00. The summed E-state index contributed by atoms with van der Waals surface area (Å²) in [7, 11) is 0. The van der Waals surface area contributed by atoms with Crippen molar-refractivity contribution in [1.82, 2.24) is 0 Å². The summed E-state index contributed by atoms with van der Waals surface area (Å²) in [6, 6.07) is 0. The van der Waals surface area contributed by atoms with Gasteiger partial charge in [-0.05, 0) is 27.2 Å². The van der Waals surface area contributed by atoms with Gasteiger partial charge in [0.05, 0.1) is 12.2 Å². The van der Waals surface area contributed by atoms with Gasteiger partial charge < -0.3 is 9.47 Å². The van der Waals surface area contributed by atoms with E-state index in [1.807, 2.05) is 27.7 Å². The topological polar surface area (TPSA) is 35.5 Å². The third-order valence-electron chi connectivity index (χ3n) is 1.44. The molecule has 0 rings (SSSR count). The minimum Gasteiger partial charge on any atom is -0.463 e. The van der Waals surface area contributed by atoms with Crippen LogP contribution in [0, 0.1) is 0 Å². The quantitative estimate of drug-likeness (QED) is 0.599. The van der Waals surface area contributed by atoms with Crippen molar-refractivity contribution in [1.29, 1.82) is 0 Å². The molecule has 0 spiro atoms. The average Bonchev–Trinajstić information content (AvgIpc) is 2.00. The van der Waals surface area contributed by atoms with E-state index in [1.54, 1.807) is 0 Å². The average molecular weight is 188 g/mol. The molecule has 1 unspecified atom stereocenters. The Morgan fingerprint density at radius 1 is 1.31 bits per heavy atom. The van der Waals surface area contributed by atoms with Crippen LogP contribution in [0.2, 0.25) is 0 Å². The molecule has 0 aliphatic heterocycles. The lowest BCUT2D eigenvalue weighted by molar-refractivity contribution is -0.148. The normalized spacial score (nSPS) is 13.0. The third kappa shape index (κ3) is 7.78. The van der Waals surface area contributed by atoms with Crippen LogP contribution in [0.4, 0.5) is 0 Å². The molecule has 0 radical (unpaired) electrons. The van der Waals surface area contributed by atoms with Gasteiger partial charge in [-0.2, -0.15) is 0 Å². The van der Waals surface area contributed by atoms with Gasteiger partial charge in [0.15, 0.2) is 0 Å². The number of carbonyl (C=O) groups excluding carboxylic acids is 1. The molecular formula is C10H20O3. The molecule has 0 heterocycles. The molecule has 0 aliphatic carbocycles. The highest BCUT2D eigenvalue weighted by Crippen LogP contribution is 1.99. The smallest absolute Gasteiger partial charge is 0.305 e. The van der Waals surface area contributed by atoms with E-state index in [1.165, 1.54) is 0 Å². The van der Waals surface area contributed by atoms with E-state index in [9.17, 15) is 4.79 Å². The minimum atomic E-state index is -0.137. The standard InChI is InChI=1S/C10H20O3/c1-5-6-10(11)12-7-9(4)13-8(2)3/h8-9H,5-7H2,1-4H3. The van der Waals surface area contributed by atoms with Crippen molar-refractivity contribution in [3.05, 3.63) is 0 Å². The molecule has 0 saturated heterocycles. The maximum atomic E-state index is 11.0. The maximum Gasteiger partial charge on any atom is 0.305 e. The molecular weight excluding hydrogens is 168 g/mol. The van der Waals surface area contributed by atoms with Crippen molar-refractivity contribution >= 4 is 5.97 Å². The Hall–Kier alpha value is -0.570. The van der Waals surface area contributed by atoms with Crippen LogP contribution in [-0.2, 0) is 14.3 Å². The zero-order chi connectivity index (χ0) is 10.3. The van der Waals surface area contributed by atoms with Crippen LogP contribution in [0.15, 0.2) is 0 Å². The SMILES string of the molecule is CCCC(=O)OCC(C)OC(C)C. The number of hydrogen-bond donors (Lipinski definition) is 0. The van der Waals surface area contributed by atoms with Gasteiger partial charge in [-0.3, -0.25) is 4.79 Å². The van der Waals surface area contributed by atoms with Gasteiger partial charge in [0.1, 0.15) is 6.61 Å². The highest BCUT2D eigenvalue weighted by molar-refractivity contribution is 5.69. The predicted molar refractivity (Wildman–Crippen MR) is 51.6 cm³/mol. The van der Waals surface area contributed by atoms with Gasteiger partial charge in [0, 0.05) is 6.42 Å². The summed E-state index contributed by atoms with van der Waals surface area (Å²) in [5.74, 6) is -0.137. The van der Waals surface area contributed by atoms with Gasteiger partial charge in [0.2, 0.25) is 0 Å². The molecule has 13 heavy (non-hydrogen) atoms. The fraction of sp³-hybridized carbons (Fsp3) is 0.900. The molecule has 3 heteroatoms. The van der Waals surface area contributed by atoms with Crippen molar-refractivity contribution in [2.24, 2.45) is 0 Å². The van der Waals surface area contributed by atoms with E-state index in [4.69, 9.17) is 9.47 Å². The second-order valence-corrected chi connectivity index (χ2v) is 3.43. The maximum absolute atomic E-state index is 11.0. The molecule has 78 valence electrons. The first-order valence-corrected chi connectivity index (χ1v) is 4.87. The van der Waals surface area contributed by atoms with Gasteiger partial charge >= 0.3 is 5.97 Å². The second kappa shape index (κ2) is 6.89. The molecule has 3 nitrogen and oxygen atoms in total. The van der Waals surface area contributed by atoms with Crippen molar-refractivity contribution in [3.8, 4) is 0 Å². The van der Waals surface area contributed by atoms with Crippen molar-refractivity contribution in [2.45, 2.75) is 52.7 Å². The first-order valence-electron chi connectivity index (χ1n) is 4.87. The Labute approximate surface area is 80.4 Å². The van der Waals surface area contributed by atoms with Crippen LogP contribution in [0.3, 0.4) is 0 Å². The lowest BCUT2D eigenvalue weighted by atomic mass is 10.3. The third-order valence-corrected chi connectivity index (χ3v) is 1.44. The molecule has 0 aromatic carbocycles. The summed E-state index contributed by atoms with van der Waals surface area (Å²) in [5, 5.41) is 0. The number of esters is 1. The van der Waals surface area contributed by atoms with Gasteiger partial charge in [-0.25, -0.2) is 0 Å². The Kier molecular flexibility index (Phi) is 6.59. The summed E-state index contributed by atoms with van der Waals surface area (Å²) in [4.78, 5) is 11.0. The molecule has 0 saturated carbocycles. The van der Waals surface area contributed by atoms with E-state index in [2.05, 4.69) is 0 Å². The number of hydrogen-bond acceptors (Lipinski definition) is 3. The van der Waals surface area contributed by atoms with Crippen molar-refractivity contribution in [2.75, 3.05) is 6.61 Å². The fourth-order valence-corrected chi connectivity index (χ4v) is 0.990. The van der Waals surface area contributed by atoms with E-state index in [0.29, 0.717) is 13.0 Å². The number of ether oxygens (including phenoxy) is 2. The van der Waals surface area contributed by atoms with E-state index in [-0.39, 0.29) is 18.2 Å². The summed E-state index contributed by atoms with van der Waals surface area (Å²) in [6.07, 6.45) is 1.49. The lowest BCUT2D eigenvalue weighted by Crippen LogP contribution is -2.22. The van der Waals surface area contributed by atoms with E-state index >= 15 is 0 Å². The van der Waals surface area contributed by atoms with Crippen LogP contribution < -0.4 is 0 Å². The highest BCUT2D eigenvalue weighted by Gasteiger charge is 2.07. The molecule has 1 atom stereocenters. The summed E-state index contributed by atoms with van der Waals surface area (Å²) >= 11 is 0. The molecule has 0 fully saturated rings. The molecule has 0 N–H and O–H groups in total. The van der Waals surface area contributed by atoms with Gasteiger partial charge in [-0.15, -0.1) is 0 Å². The van der Waals surface area contributed by atoms with Crippen molar-refractivity contribution in [3.63, 3.8) is 0 Å². The molecule has 0 aromatic rings. The van der Waals surface area contributed by atoms with Crippen LogP contribution in [0.5, 0.6) is 0 Å². The monoisotopic (exact) mass is 188 g/mol. The summed E-state index contributed by atoms with van der Waals surface area (Å²) in [6.45, 7) is 8.14. The lowest BCUT2D eigenvalue weighted by Gasteiger charge is -2.15. The Morgan fingerprint density at radius 2 is 1.92 bits per heavy atom. The van der Waals surface area contributed by atoms with Crippen LogP contribution in [0.25, 0.3) is 0 Å². The van der Waals surface area contributed by atoms with E-state index in [0.717, 1.165) is 6.42 Å². The highest BCUT2D eigenvalue weighted by atomic mass is 16.6. The second-order valence-electron chi connectivity index (χ2n) is 3.43. The summed E-state index contributed by atoms with van der Waals surface area (Å²) < 4.78 is 10.4. The number of rotatable bonds is 6. The summed E-state index contributed by atoms with van der Waals surface area (Å²) in [5.41, 5.74) is 0. The molecule has 0 aliphatic rings. The molecule has 0 amide bonds. The van der Waals surface area contributed by atoms with E-state index < -0.39 is 0 Å². The van der Waals surface area contributed by atoms with Crippen LogP contribution in [0.1, 0.15) is 40.5 Å². The zero-order valence-corrected chi connectivity index (χ0v) is 9.00. The Bertz CT molecular complexity index is 143. The predicted octanol–water partition coefficient (Wildman–Crippen LogP) is 2.14. The largest absolute Gasteiger partial charge is 0.463 e. The molecule has 0 aromatic heterocycles. The number of carbonyl (C=O) groups is 1. The van der Waals surface area contributed by atoms with Gasteiger partial charge in [-0.1, -0.05) is 6.92 Å². The Balaban J connectivity index is 3.45. The first-order chi connectivity index (χ1) is 6.06. The van der Waals surface area contributed by atoms with Crippen molar-refractivity contribution < 1.29 is 14.3 Å². The van der Waals surface area contributed by atoms with Crippen LogP contribution >= 0.6 is 0 Å². The van der Waals surface area contributed by atoms with Crippen LogP contribution in [-0.4, -0.2) is 24.8 Å². The molecule has 0 bridgehead atoms. The minimum absolute atomic E-state index is 0.0131.